The Morgan fingerprint density at radius 1 is 0.667 bits per heavy atom. The number of imide groups is 1. The van der Waals surface area contributed by atoms with Gasteiger partial charge in [-0.3, -0.25) is 14.5 Å². The highest BCUT2D eigenvalue weighted by atomic mass is 16.2. The topological polar surface area (TPSA) is 37.4 Å². The van der Waals surface area contributed by atoms with Gasteiger partial charge in [-0.05, 0) is 26.2 Å². The molecule has 1 fully saturated rings. The molecular formula is C30H55NO2. The fourth-order valence-electron chi connectivity index (χ4n) is 5.07. The molecule has 1 unspecified atom stereocenters. The lowest BCUT2D eigenvalue weighted by atomic mass is 9.98. The van der Waals surface area contributed by atoms with Crippen LogP contribution in [0.4, 0.5) is 0 Å². The number of likely N-dealkylation sites (tertiary alicyclic amines) is 1. The van der Waals surface area contributed by atoms with E-state index in [1.807, 2.05) is 0 Å². The Kier molecular flexibility index (Phi) is 18.4. The number of hydrogen-bond donors (Lipinski definition) is 0. The third-order valence-electron chi connectivity index (χ3n) is 7.28. The first-order valence-corrected chi connectivity index (χ1v) is 14.6. The average molecular weight is 462 g/mol. The summed E-state index contributed by atoms with van der Waals surface area (Å²) in [6, 6.07) is -0.00370. The molecular weight excluding hydrogens is 406 g/mol. The lowest BCUT2D eigenvalue weighted by Crippen LogP contribution is -2.40. The first-order chi connectivity index (χ1) is 16.1. The zero-order valence-corrected chi connectivity index (χ0v) is 22.5. The van der Waals surface area contributed by atoms with Gasteiger partial charge in [-0.15, -0.1) is 0 Å². The second kappa shape index (κ2) is 20.3. The molecule has 1 aliphatic heterocycles. The summed E-state index contributed by atoms with van der Waals surface area (Å²) in [4.78, 5) is 26.2. The van der Waals surface area contributed by atoms with Crippen molar-refractivity contribution in [2.45, 2.75) is 168 Å². The second-order valence-electron chi connectivity index (χ2n) is 10.4. The van der Waals surface area contributed by atoms with Crippen LogP contribution in [0.5, 0.6) is 0 Å². The van der Waals surface area contributed by atoms with Gasteiger partial charge >= 0.3 is 0 Å². The van der Waals surface area contributed by atoms with Crippen molar-refractivity contribution in [3.8, 4) is 0 Å². The molecule has 1 aliphatic rings. The van der Waals surface area contributed by atoms with Crippen LogP contribution in [0.1, 0.15) is 162 Å². The molecule has 0 aliphatic carbocycles. The highest BCUT2D eigenvalue weighted by molar-refractivity contribution is 6.02. The van der Waals surface area contributed by atoms with Crippen LogP contribution in [0.3, 0.4) is 0 Å². The van der Waals surface area contributed by atoms with Gasteiger partial charge in [0.15, 0.2) is 0 Å². The maximum Gasteiger partial charge on any atom is 0.230 e. The van der Waals surface area contributed by atoms with Crippen molar-refractivity contribution < 1.29 is 9.59 Å². The van der Waals surface area contributed by atoms with Gasteiger partial charge in [0.05, 0.1) is 6.04 Å². The van der Waals surface area contributed by atoms with Crippen LogP contribution in [-0.4, -0.2) is 22.8 Å². The van der Waals surface area contributed by atoms with Crippen molar-refractivity contribution in [2.24, 2.45) is 0 Å². The summed E-state index contributed by atoms with van der Waals surface area (Å²) in [6.45, 7) is 6.63. The Morgan fingerprint density at radius 3 is 1.52 bits per heavy atom. The third-order valence-corrected chi connectivity index (χ3v) is 7.28. The summed E-state index contributed by atoms with van der Waals surface area (Å²) in [5, 5.41) is 0. The van der Waals surface area contributed by atoms with E-state index >= 15 is 0 Å². The van der Waals surface area contributed by atoms with Gasteiger partial charge in [0.1, 0.15) is 0 Å². The summed E-state index contributed by atoms with van der Waals surface area (Å²) in [5.74, 6) is 0.0643. The fraction of sp³-hybridized carbons (Fsp3) is 0.867. The Labute approximate surface area is 206 Å². The first kappa shape index (κ1) is 29.9. The second-order valence-corrected chi connectivity index (χ2v) is 10.4. The third kappa shape index (κ3) is 14.0. The Morgan fingerprint density at radius 2 is 1.06 bits per heavy atom. The van der Waals surface area contributed by atoms with Crippen molar-refractivity contribution in [2.75, 3.05) is 0 Å². The Balaban J connectivity index is 2.16. The van der Waals surface area contributed by atoms with Gasteiger partial charge in [0, 0.05) is 12.8 Å². The van der Waals surface area contributed by atoms with Crippen molar-refractivity contribution in [3.63, 3.8) is 0 Å². The highest BCUT2D eigenvalue weighted by Crippen LogP contribution is 2.25. The zero-order valence-electron chi connectivity index (χ0n) is 22.5. The maximum atomic E-state index is 12.3. The van der Waals surface area contributed by atoms with Gasteiger partial charge in [-0.25, -0.2) is 0 Å². The molecule has 0 bridgehead atoms. The Hall–Kier alpha value is -1.12. The normalized spacial score (nSPS) is 15.6. The molecule has 1 rings (SSSR count). The molecule has 0 saturated carbocycles. The van der Waals surface area contributed by atoms with Crippen LogP contribution in [0.25, 0.3) is 0 Å². The molecule has 0 spiro atoms. The van der Waals surface area contributed by atoms with E-state index in [9.17, 15) is 9.59 Å². The van der Waals surface area contributed by atoms with E-state index in [2.05, 4.69) is 26.8 Å². The molecule has 1 atom stereocenters. The van der Waals surface area contributed by atoms with E-state index in [-0.39, 0.29) is 17.9 Å². The SMILES string of the molecule is CCCCCCCCCCCCCCCCC=C(C)C(CCCCCC)N1C(=O)CCC1=O. The van der Waals surface area contributed by atoms with E-state index in [1.54, 1.807) is 4.90 Å². The fourth-order valence-corrected chi connectivity index (χ4v) is 5.07. The molecule has 0 aromatic heterocycles. The van der Waals surface area contributed by atoms with Gasteiger partial charge in [0.25, 0.3) is 0 Å². The summed E-state index contributed by atoms with van der Waals surface area (Å²) < 4.78 is 0. The van der Waals surface area contributed by atoms with Crippen molar-refractivity contribution in [1.29, 1.82) is 0 Å². The lowest BCUT2D eigenvalue weighted by Gasteiger charge is -2.27. The number of carbonyl (C=O) groups is 2. The van der Waals surface area contributed by atoms with Crippen LogP contribution < -0.4 is 0 Å². The van der Waals surface area contributed by atoms with E-state index in [0.29, 0.717) is 12.8 Å². The molecule has 2 amide bonds. The number of hydrogen-bond acceptors (Lipinski definition) is 2. The molecule has 3 heteroatoms. The minimum Gasteiger partial charge on any atom is -0.275 e. The number of amides is 2. The standard InChI is InChI=1S/C30H55NO2/c1-4-6-8-10-11-12-13-14-15-16-17-18-19-20-21-23-27(3)28(24-22-9-7-5-2)31-29(32)25-26-30(31)33/h23,28H,4-22,24-26H2,1-3H3. The van der Waals surface area contributed by atoms with E-state index in [0.717, 1.165) is 19.3 Å². The molecule has 0 radical (unpaired) electrons. The number of carbonyl (C=O) groups excluding carboxylic acids is 2. The van der Waals surface area contributed by atoms with E-state index in [1.165, 1.54) is 115 Å². The zero-order chi connectivity index (χ0) is 24.2. The highest BCUT2D eigenvalue weighted by Gasteiger charge is 2.35. The monoisotopic (exact) mass is 461 g/mol. The quantitative estimate of drug-likeness (QED) is 0.0914. The molecule has 0 aromatic rings. The number of rotatable bonds is 22. The minimum atomic E-state index is -0.00370. The lowest BCUT2D eigenvalue weighted by molar-refractivity contribution is -0.140. The van der Waals surface area contributed by atoms with Crippen LogP contribution in [-0.2, 0) is 9.59 Å². The summed E-state index contributed by atoms with van der Waals surface area (Å²) in [7, 11) is 0. The minimum absolute atomic E-state index is 0.00370. The molecule has 1 saturated heterocycles. The molecule has 1 heterocycles. The molecule has 33 heavy (non-hydrogen) atoms. The van der Waals surface area contributed by atoms with Crippen molar-refractivity contribution in [1.82, 2.24) is 4.90 Å². The van der Waals surface area contributed by atoms with Gasteiger partial charge < -0.3 is 0 Å². The maximum absolute atomic E-state index is 12.3. The predicted molar refractivity (Wildman–Crippen MR) is 142 cm³/mol. The van der Waals surface area contributed by atoms with E-state index in [4.69, 9.17) is 0 Å². The first-order valence-electron chi connectivity index (χ1n) is 14.6. The number of allylic oxidation sites excluding steroid dienone is 1. The summed E-state index contributed by atoms with van der Waals surface area (Å²) >= 11 is 0. The van der Waals surface area contributed by atoms with Crippen LogP contribution in [0.15, 0.2) is 11.6 Å². The van der Waals surface area contributed by atoms with Crippen LogP contribution in [0.2, 0.25) is 0 Å². The molecule has 0 aromatic carbocycles. The average Bonchev–Trinajstić information content (AvgIpc) is 3.14. The predicted octanol–water partition coefficient (Wildman–Crippen LogP) is 9.29. The number of nitrogens with zero attached hydrogens (tertiary/aromatic N) is 1. The van der Waals surface area contributed by atoms with Crippen molar-refractivity contribution in [3.05, 3.63) is 11.6 Å². The van der Waals surface area contributed by atoms with Gasteiger partial charge in [0.2, 0.25) is 11.8 Å². The Bertz CT molecular complexity index is 523. The van der Waals surface area contributed by atoms with E-state index < -0.39 is 0 Å². The molecule has 3 nitrogen and oxygen atoms in total. The largest absolute Gasteiger partial charge is 0.275 e. The van der Waals surface area contributed by atoms with Crippen LogP contribution >= 0.6 is 0 Å². The smallest absolute Gasteiger partial charge is 0.230 e. The van der Waals surface area contributed by atoms with Gasteiger partial charge in [-0.1, -0.05) is 135 Å². The molecule has 0 N–H and O–H groups in total. The van der Waals surface area contributed by atoms with Crippen molar-refractivity contribution >= 4 is 11.8 Å². The summed E-state index contributed by atoms with van der Waals surface area (Å²) in [6.07, 6.45) is 29.2. The molecule has 192 valence electrons. The number of unbranched alkanes of at least 4 members (excludes halogenated alkanes) is 17. The van der Waals surface area contributed by atoms with Gasteiger partial charge in [-0.2, -0.15) is 0 Å². The summed E-state index contributed by atoms with van der Waals surface area (Å²) in [5.41, 5.74) is 1.23. The van der Waals surface area contributed by atoms with Crippen LogP contribution in [0, 0.1) is 0 Å².